The molecule has 1 aromatic rings. The van der Waals surface area contributed by atoms with Crippen LogP contribution >= 0.6 is 0 Å². The van der Waals surface area contributed by atoms with Gasteiger partial charge in [-0.25, -0.2) is 8.78 Å². The highest BCUT2D eigenvalue weighted by molar-refractivity contribution is 7.84. The molecule has 0 saturated heterocycles. The van der Waals surface area contributed by atoms with Gasteiger partial charge < -0.3 is 5.32 Å². The predicted octanol–water partition coefficient (Wildman–Crippen LogP) is 2.02. The predicted molar refractivity (Wildman–Crippen MR) is 63.1 cm³/mol. The van der Waals surface area contributed by atoms with Crippen molar-refractivity contribution in [1.82, 2.24) is 0 Å². The lowest BCUT2D eigenvalue weighted by Crippen LogP contribution is -2.23. The van der Waals surface area contributed by atoms with Crippen molar-refractivity contribution in [1.29, 1.82) is 5.26 Å². The summed E-state index contributed by atoms with van der Waals surface area (Å²) in [6.45, 7) is 1.68. The summed E-state index contributed by atoms with van der Waals surface area (Å²) in [5.41, 5.74) is -0.362. The third-order valence-corrected chi connectivity index (χ3v) is 3.02. The van der Waals surface area contributed by atoms with Crippen molar-refractivity contribution in [2.24, 2.45) is 0 Å². The van der Waals surface area contributed by atoms with Crippen LogP contribution in [0.3, 0.4) is 0 Å². The molecule has 0 aliphatic heterocycles. The zero-order valence-electron chi connectivity index (χ0n) is 9.46. The van der Waals surface area contributed by atoms with Gasteiger partial charge in [0.15, 0.2) is 11.6 Å². The highest BCUT2D eigenvalue weighted by atomic mass is 32.2. The van der Waals surface area contributed by atoms with E-state index in [1.54, 1.807) is 13.0 Å². The molecule has 0 spiro atoms. The Morgan fingerprint density at radius 3 is 2.41 bits per heavy atom. The molecule has 0 heterocycles. The SMILES string of the molecule is CC(CS(C)=O)Nc1c(F)cc(C#N)cc1F. The standard InChI is InChI=1S/C11H12F2N2OS/c1-7(6-17(2)16)15-11-9(12)3-8(5-14)4-10(11)13/h3-4,7,15H,6H2,1-2H3. The van der Waals surface area contributed by atoms with E-state index in [1.807, 2.05) is 0 Å². The van der Waals surface area contributed by atoms with Gasteiger partial charge in [-0.2, -0.15) is 5.26 Å². The molecular weight excluding hydrogens is 246 g/mol. The van der Waals surface area contributed by atoms with E-state index in [1.165, 1.54) is 6.26 Å². The lowest BCUT2D eigenvalue weighted by Gasteiger charge is -2.15. The van der Waals surface area contributed by atoms with E-state index in [0.29, 0.717) is 5.75 Å². The van der Waals surface area contributed by atoms with Crippen LogP contribution < -0.4 is 5.32 Å². The number of benzene rings is 1. The maximum absolute atomic E-state index is 13.5. The van der Waals surface area contributed by atoms with Gasteiger partial charge in [-0.1, -0.05) is 0 Å². The maximum Gasteiger partial charge on any atom is 0.150 e. The first kappa shape index (κ1) is 13.6. The lowest BCUT2D eigenvalue weighted by molar-refractivity contribution is 0.584. The van der Waals surface area contributed by atoms with E-state index in [2.05, 4.69) is 5.32 Å². The van der Waals surface area contributed by atoms with Gasteiger partial charge in [-0.15, -0.1) is 0 Å². The van der Waals surface area contributed by atoms with Crippen LogP contribution in [0.4, 0.5) is 14.5 Å². The number of nitrogens with zero attached hydrogens (tertiary/aromatic N) is 1. The molecule has 0 fully saturated rings. The summed E-state index contributed by atoms with van der Waals surface area (Å²) >= 11 is 0. The molecule has 0 aliphatic rings. The van der Waals surface area contributed by atoms with E-state index >= 15 is 0 Å². The van der Waals surface area contributed by atoms with Crippen LogP contribution in [0.1, 0.15) is 12.5 Å². The van der Waals surface area contributed by atoms with Crippen molar-refractivity contribution in [3.63, 3.8) is 0 Å². The topological polar surface area (TPSA) is 52.9 Å². The Morgan fingerprint density at radius 1 is 1.47 bits per heavy atom. The third kappa shape index (κ3) is 3.79. The summed E-state index contributed by atoms with van der Waals surface area (Å²) in [5, 5.41) is 11.1. The van der Waals surface area contributed by atoms with Crippen LogP contribution in [-0.2, 0) is 10.8 Å². The Labute approximate surface area is 101 Å². The van der Waals surface area contributed by atoms with Crippen molar-refractivity contribution in [3.05, 3.63) is 29.3 Å². The highest BCUT2D eigenvalue weighted by Gasteiger charge is 2.14. The van der Waals surface area contributed by atoms with Gasteiger partial charge in [0.25, 0.3) is 0 Å². The summed E-state index contributed by atoms with van der Waals surface area (Å²) < 4.78 is 37.9. The number of rotatable bonds is 4. The van der Waals surface area contributed by atoms with E-state index in [9.17, 15) is 13.0 Å². The summed E-state index contributed by atoms with van der Waals surface area (Å²) in [5.74, 6) is -1.36. The smallest absolute Gasteiger partial charge is 0.150 e. The van der Waals surface area contributed by atoms with E-state index < -0.39 is 22.4 Å². The zero-order valence-corrected chi connectivity index (χ0v) is 10.3. The van der Waals surface area contributed by atoms with Gasteiger partial charge in [-0.3, -0.25) is 4.21 Å². The fourth-order valence-electron chi connectivity index (χ4n) is 1.42. The Bertz CT molecular complexity index is 462. The third-order valence-electron chi connectivity index (χ3n) is 2.05. The molecule has 0 saturated carbocycles. The number of hydrogen-bond acceptors (Lipinski definition) is 3. The second-order valence-electron chi connectivity index (χ2n) is 3.71. The minimum Gasteiger partial charge on any atom is -0.377 e. The second kappa shape index (κ2) is 5.73. The normalized spacial score (nSPS) is 13.8. The van der Waals surface area contributed by atoms with Gasteiger partial charge >= 0.3 is 0 Å². The van der Waals surface area contributed by atoms with Crippen LogP contribution in [0.15, 0.2) is 12.1 Å². The minimum atomic E-state index is -1.05. The Kier molecular flexibility index (Phi) is 4.58. The Balaban J connectivity index is 2.92. The van der Waals surface area contributed by atoms with Crippen LogP contribution in [0.5, 0.6) is 0 Å². The first-order valence-corrected chi connectivity index (χ1v) is 6.62. The van der Waals surface area contributed by atoms with Gasteiger partial charge in [0.1, 0.15) is 5.69 Å². The van der Waals surface area contributed by atoms with Crippen molar-refractivity contribution < 1.29 is 13.0 Å². The quantitative estimate of drug-likeness (QED) is 0.898. The largest absolute Gasteiger partial charge is 0.377 e. The van der Waals surface area contributed by atoms with E-state index in [4.69, 9.17) is 5.26 Å². The Hall–Kier alpha value is -1.48. The zero-order chi connectivity index (χ0) is 13.0. The summed E-state index contributed by atoms with van der Waals surface area (Å²) in [6, 6.07) is 3.26. The molecule has 17 heavy (non-hydrogen) atoms. The molecule has 1 rings (SSSR count). The molecule has 0 bridgehead atoms. The number of halogens is 2. The summed E-state index contributed by atoms with van der Waals surface area (Å²) in [7, 11) is -1.05. The molecule has 92 valence electrons. The molecule has 2 atom stereocenters. The monoisotopic (exact) mass is 258 g/mol. The average Bonchev–Trinajstić information content (AvgIpc) is 2.22. The number of nitriles is 1. The van der Waals surface area contributed by atoms with Crippen molar-refractivity contribution in [2.45, 2.75) is 13.0 Å². The average molecular weight is 258 g/mol. The van der Waals surface area contributed by atoms with Gasteiger partial charge in [0.05, 0.1) is 11.6 Å². The molecule has 2 unspecified atom stereocenters. The van der Waals surface area contributed by atoms with Crippen molar-refractivity contribution in [3.8, 4) is 6.07 Å². The molecule has 0 amide bonds. The number of anilines is 1. The van der Waals surface area contributed by atoms with Gasteiger partial charge in [-0.05, 0) is 19.1 Å². The first-order chi connectivity index (χ1) is 7.93. The molecule has 0 aliphatic carbocycles. The fraction of sp³-hybridized carbons (Fsp3) is 0.364. The van der Waals surface area contributed by atoms with Crippen LogP contribution in [0.2, 0.25) is 0 Å². The fourth-order valence-corrected chi connectivity index (χ4v) is 2.20. The second-order valence-corrected chi connectivity index (χ2v) is 5.19. The summed E-state index contributed by atoms with van der Waals surface area (Å²) in [6.07, 6.45) is 1.52. The molecular formula is C11H12F2N2OS. The van der Waals surface area contributed by atoms with E-state index in [-0.39, 0.29) is 17.3 Å². The van der Waals surface area contributed by atoms with Crippen LogP contribution in [0, 0.1) is 23.0 Å². The summed E-state index contributed by atoms with van der Waals surface area (Å²) in [4.78, 5) is 0. The van der Waals surface area contributed by atoms with Crippen molar-refractivity contribution >= 4 is 16.5 Å². The Morgan fingerprint density at radius 2 is 2.00 bits per heavy atom. The highest BCUT2D eigenvalue weighted by Crippen LogP contribution is 2.21. The molecule has 3 nitrogen and oxygen atoms in total. The molecule has 0 aromatic heterocycles. The van der Waals surface area contributed by atoms with E-state index in [0.717, 1.165) is 12.1 Å². The first-order valence-electron chi connectivity index (χ1n) is 4.89. The van der Waals surface area contributed by atoms with Crippen LogP contribution in [-0.4, -0.2) is 22.3 Å². The van der Waals surface area contributed by atoms with Gasteiger partial charge in [0.2, 0.25) is 0 Å². The lowest BCUT2D eigenvalue weighted by atomic mass is 10.2. The molecule has 0 radical (unpaired) electrons. The molecule has 1 N–H and O–H groups in total. The van der Waals surface area contributed by atoms with Crippen LogP contribution in [0.25, 0.3) is 0 Å². The number of nitrogens with one attached hydrogen (secondary N) is 1. The molecule has 1 aromatic carbocycles. The minimum absolute atomic E-state index is 0.0720. The maximum atomic E-state index is 13.5. The molecule has 6 heteroatoms. The van der Waals surface area contributed by atoms with Crippen molar-refractivity contribution in [2.75, 3.05) is 17.3 Å². The number of hydrogen-bond donors (Lipinski definition) is 1. The van der Waals surface area contributed by atoms with Gasteiger partial charge in [0, 0.05) is 28.9 Å².